The summed E-state index contributed by atoms with van der Waals surface area (Å²) in [5.41, 5.74) is 9.97. The monoisotopic (exact) mass is 226 g/mol. The normalized spacial score (nSPS) is 13.8. The number of phenols is 1. The fourth-order valence-electron chi connectivity index (χ4n) is 2.32. The zero-order valence-corrected chi connectivity index (χ0v) is 9.43. The average molecular weight is 226 g/mol. The average Bonchev–Trinajstić information content (AvgIpc) is 2.72. The van der Waals surface area contributed by atoms with Gasteiger partial charge >= 0.3 is 0 Å². The fraction of sp³-hybridized carbons (Fsp3) is 0.143. The Balaban J connectivity index is 1.94. The smallest absolute Gasteiger partial charge is 0.138 e. The molecule has 2 aromatic rings. The van der Waals surface area contributed by atoms with Crippen LogP contribution in [0.2, 0.25) is 0 Å². The number of hydrogen-bond acceptors (Lipinski definition) is 3. The van der Waals surface area contributed by atoms with Gasteiger partial charge in [0.05, 0.1) is 5.69 Å². The summed E-state index contributed by atoms with van der Waals surface area (Å²) < 4.78 is 0. The Kier molecular flexibility index (Phi) is 2.18. The van der Waals surface area contributed by atoms with Crippen molar-refractivity contribution in [2.45, 2.75) is 13.1 Å². The highest BCUT2D eigenvalue weighted by molar-refractivity contribution is 5.61. The first kappa shape index (κ1) is 10.0. The molecule has 17 heavy (non-hydrogen) atoms. The van der Waals surface area contributed by atoms with Gasteiger partial charge in [0.2, 0.25) is 0 Å². The summed E-state index contributed by atoms with van der Waals surface area (Å²) in [6.45, 7) is 1.63. The molecule has 2 aromatic carbocycles. The van der Waals surface area contributed by atoms with E-state index in [1.807, 2.05) is 30.3 Å². The molecule has 0 atom stereocenters. The molecule has 0 fully saturated rings. The molecule has 0 spiro atoms. The molecule has 0 amide bonds. The predicted octanol–water partition coefficient (Wildman–Crippen LogP) is 2.49. The number of nitrogens with two attached hydrogens (primary N) is 1. The number of aromatic hydroxyl groups is 1. The maximum absolute atomic E-state index is 9.84. The Morgan fingerprint density at radius 3 is 2.59 bits per heavy atom. The van der Waals surface area contributed by atoms with Crippen LogP contribution in [-0.4, -0.2) is 5.11 Å². The third-order valence-electron chi connectivity index (χ3n) is 3.18. The van der Waals surface area contributed by atoms with Crippen LogP contribution in [0.4, 0.5) is 11.4 Å². The van der Waals surface area contributed by atoms with E-state index in [9.17, 15) is 5.11 Å². The van der Waals surface area contributed by atoms with Gasteiger partial charge in [-0.25, -0.2) is 0 Å². The van der Waals surface area contributed by atoms with Gasteiger partial charge in [-0.3, -0.25) is 0 Å². The summed E-state index contributed by atoms with van der Waals surface area (Å²) in [7, 11) is 0. The number of para-hydroxylation sites is 2. The summed E-state index contributed by atoms with van der Waals surface area (Å²) in [4.78, 5) is 2.15. The minimum atomic E-state index is 0.327. The first-order chi connectivity index (χ1) is 8.24. The minimum Gasteiger partial charge on any atom is -0.506 e. The topological polar surface area (TPSA) is 49.5 Å². The van der Waals surface area contributed by atoms with Gasteiger partial charge in [-0.2, -0.15) is 0 Å². The molecule has 0 saturated carbocycles. The molecule has 0 bridgehead atoms. The van der Waals surface area contributed by atoms with E-state index in [0.29, 0.717) is 5.75 Å². The second kappa shape index (κ2) is 3.70. The Hall–Kier alpha value is -2.16. The van der Waals surface area contributed by atoms with Gasteiger partial charge in [-0.1, -0.05) is 18.2 Å². The summed E-state index contributed by atoms with van der Waals surface area (Å²) >= 11 is 0. The third-order valence-corrected chi connectivity index (χ3v) is 3.18. The van der Waals surface area contributed by atoms with Crippen LogP contribution in [0, 0.1) is 0 Å². The van der Waals surface area contributed by atoms with Crippen molar-refractivity contribution in [2.75, 3.05) is 10.6 Å². The molecular formula is C14H14N2O. The number of nitrogen functional groups attached to an aromatic ring is 1. The summed E-state index contributed by atoms with van der Waals surface area (Å²) in [5, 5.41) is 9.84. The first-order valence-corrected chi connectivity index (χ1v) is 5.64. The molecule has 0 aromatic heterocycles. The van der Waals surface area contributed by atoms with Crippen molar-refractivity contribution in [2.24, 2.45) is 0 Å². The van der Waals surface area contributed by atoms with Gasteiger partial charge in [-0.05, 0) is 35.4 Å². The molecule has 1 aliphatic heterocycles. The van der Waals surface area contributed by atoms with E-state index in [-0.39, 0.29) is 0 Å². The molecule has 3 rings (SSSR count). The van der Waals surface area contributed by atoms with E-state index >= 15 is 0 Å². The lowest BCUT2D eigenvalue weighted by Gasteiger charge is -2.18. The summed E-state index contributed by atoms with van der Waals surface area (Å²) in [5.74, 6) is 0.327. The highest BCUT2D eigenvalue weighted by Gasteiger charge is 2.20. The zero-order chi connectivity index (χ0) is 11.8. The molecular weight excluding hydrogens is 212 g/mol. The van der Waals surface area contributed by atoms with Gasteiger partial charge in [0, 0.05) is 18.8 Å². The van der Waals surface area contributed by atoms with E-state index in [2.05, 4.69) is 11.0 Å². The van der Waals surface area contributed by atoms with E-state index in [4.69, 9.17) is 5.73 Å². The number of nitrogens with zero attached hydrogens (tertiary/aromatic N) is 1. The third kappa shape index (κ3) is 1.69. The number of benzene rings is 2. The summed E-state index contributed by atoms with van der Waals surface area (Å²) in [6.07, 6.45) is 0. The van der Waals surface area contributed by atoms with Gasteiger partial charge in [0.15, 0.2) is 0 Å². The van der Waals surface area contributed by atoms with Gasteiger partial charge in [-0.15, -0.1) is 0 Å². The number of rotatable bonds is 1. The van der Waals surface area contributed by atoms with Crippen LogP contribution in [0.5, 0.6) is 5.75 Å². The highest BCUT2D eigenvalue weighted by atomic mass is 16.3. The molecule has 1 aliphatic rings. The molecule has 0 radical (unpaired) electrons. The van der Waals surface area contributed by atoms with Crippen molar-refractivity contribution < 1.29 is 5.11 Å². The lowest BCUT2D eigenvalue weighted by molar-refractivity contribution is 0.474. The van der Waals surface area contributed by atoms with Crippen LogP contribution in [0.1, 0.15) is 11.1 Å². The van der Waals surface area contributed by atoms with Gasteiger partial charge < -0.3 is 15.7 Å². The van der Waals surface area contributed by atoms with Crippen LogP contribution in [0.15, 0.2) is 42.5 Å². The maximum atomic E-state index is 9.84. The van der Waals surface area contributed by atoms with Crippen molar-refractivity contribution in [3.05, 3.63) is 53.6 Å². The standard InChI is InChI=1S/C14H14N2O/c15-12-6-5-10-8-16(9-11(10)7-12)13-3-1-2-4-14(13)17/h1-7,17H,8-9,15H2. The fourth-order valence-corrected chi connectivity index (χ4v) is 2.32. The largest absolute Gasteiger partial charge is 0.506 e. The van der Waals surface area contributed by atoms with Crippen molar-refractivity contribution in [1.82, 2.24) is 0 Å². The summed E-state index contributed by atoms with van der Waals surface area (Å²) in [6, 6.07) is 13.4. The molecule has 0 unspecified atom stereocenters. The van der Waals surface area contributed by atoms with Gasteiger partial charge in [0.1, 0.15) is 5.75 Å². The van der Waals surface area contributed by atoms with E-state index in [1.54, 1.807) is 6.07 Å². The zero-order valence-electron chi connectivity index (χ0n) is 9.43. The Bertz CT molecular complexity index is 566. The molecule has 3 heteroatoms. The number of hydrogen-bond donors (Lipinski definition) is 2. The van der Waals surface area contributed by atoms with Crippen LogP contribution < -0.4 is 10.6 Å². The first-order valence-electron chi connectivity index (χ1n) is 5.64. The van der Waals surface area contributed by atoms with Crippen molar-refractivity contribution >= 4 is 11.4 Å². The van der Waals surface area contributed by atoms with Crippen LogP contribution in [0.25, 0.3) is 0 Å². The van der Waals surface area contributed by atoms with Gasteiger partial charge in [0.25, 0.3) is 0 Å². The lowest BCUT2D eigenvalue weighted by atomic mass is 10.1. The quantitative estimate of drug-likeness (QED) is 0.734. The Morgan fingerprint density at radius 1 is 1.00 bits per heavy atom. The maximum Gasteiger partial charge on any atom is 0.138 e. The highest BCUT2D eigenvalue weighted by Crippen LogP contribution is 2.34. The van der Waals surface area contributed by atoms with Crippen molar-refractivity contribution in [3.8, 4) is 5.75 Å². The van der Waals surface area contributed by atoms with E-state index in [1.165, 1.54) is 11.1 Å². The predicted molar refractivity (Wildman–Crippen MR) is 68.8 cm³/mol. The molecule has 3 N–H and O–H groups in total. The second-order valence-electron chi connectivity index (χ2n) is 4.37. The van der Waals surface area contributed by atoms with Crippen LogP contribution in [-0.2, 0) is 13.1 Å². The van der Waals surface area contributed by atoms with Crippen molar-refractivity contribution in [1.29, 1.82) is 0 Å². The molecule has 0 saturated heterocycles. The second-order valence-corrected chi connectivity index (χ2v) is 4.37. The van der Waals surface area contributed by atoms with Crippen LogP contribution >= 0.6 is 0 Å². The Morgan fingerprint density at radius 2 is 1.76 bits per heavy atom. The number of anilines is 2. The van der Waals surface area contributed by atoms with Crippen molar-refractivity contribution in [3.63, 3.8) is 0 Å². The lowest BCUT2D eigenvalue weighted by Crippen LogP contribution is -2.14. The molecule has 3 nitrogen and oxygen atoms in total. The minimum absolute atomic E-state index is 0.327. The SMILES string of the molecule is Nc1ccc2c(c1)CN(c1ccccc1O)C2. The number of phenolic OH excluding ortho intramolecular Hbond substituents is 1. The Labute approximate surface area is 100 Å². The van der Waals surface area contributed by atoms with E-state index in [0.717, 1.165) is 24.5 Å². The molecule has 86 valence electrons. The van der Waals surface area contributed by atoms with Crippen LogP contribution in [0.3, 0.4) is 0 Å². The molecule has 1 heterocycles. The molecule has 0 aliphatic carbocycles. The van der Waals surface area contributed by atoms with E-state index < -0.39 is 0 Å². The number of fused-ring (bicyclic) bond motifs is 1.